The summed E-state index contributed by atoms with van der Waals surface area (Å²) < 4.78 is 10.0. The van der Waals surface area contributed by atoms with Crippen LogP contribution in [0.3, 0.4) is 0 Å². The molecule has 0 unspecified atom stereocenters. The Morgan fingerprint density at radius 3 is 3.00 bits per heavy atom. The molecule has 7 nitrogen and oxygen atoms in total. The van der Waals surface area contributed by atoms with E-state index in [0.29, 0.717) is 29.7 Å². The predicted molar refractivity (Wildman–Crippen MR) is 65.5 cm³/mol. The Labute approximate surface area is 110 Å². The Kier molecular flexibility index (Phi) is 4.17. The maximum absolute atomic E-state index is 11.5. The van der Waals surface area contributed by atoms with E-state index in [1.807, 2.05) is 6.92 Å². The second-order valence-electron chi connectivity index (χ2n) is 3.92. The van der Waals surface area contributed by atoms with Crippen molar-refractivity contribution in [2.45, 2.75) is 26.2 Å². The van der Waals surface area contributed by atoms with Crippen molar-refractivity contribution in [3.8, 4) is 17.4 Å². The number of ketones is 1. The largest absolute Gasteiger partial charge is 0.481 e. The van der Waals surface area contributed by atoms with Crippen LogP contribution in [-0.4, -0.2) is 33.0 Å². The van der Waals surface area contributed by atoms with Gasteiger partial charge in [0, 0.05) is 12.5 Å². The number of ether oxygens (including phenoxy) is 1. The van der Waals surface area contributed by atoms with E-state index in [0.717, 1.165) is 6.42 Å². The van der Waals surface area contributed by atoms with Crippen molar-refractivity contribution in [2.24, 2.45) is 0 Å². The summed E-state index contributed by atoms with van der Waals surface area (Å²) in [5.41, 5.74) is 0.491. The van der Waals surface area contributed by atoms with E-state index in [1.54, 1.807) is 6.07 Å². The van der Waals surface area contributed by atoms with Crippen LogP contribution in [0, 0.1) is 0 Å². The molecule has 0 bridgehead atoms. The maximum Gasteiger partial charge on any atom is 0.234 e. The van der Waals surface area contributed by atoms with Crippen LogP contribution in [0.4, 0.5) is 0 Å². The molecule has 0 amide bonds. The van der Waals surface area contributed by atoms with Crippen molar-refractivity contribution in [1.29, 1.82) is 0 Å². The molecule has 0 radical (unpaired) electrons. The predicted octanol–water partition coefficient (Wildman–Crippen LogP) is 1.45. The van der Waals surface area contributed by atoms with E-state index in [-0.39, 0.29) is 12.2 Å². The van der Waals surface area contributed by atoms with Gasteiger partial charge in [-0.25, -0.2) is 9.97 Å². The van der Waals surface area contributed by atoms with Gasteiger partial charge in [0.2, 0.25) is 17.6 Å². The third-order valence-electron chi connectivity index (χ3n) is 2.43. The molecule has 0 atom stereocenters. The summed E-state index contributed by atoms with van der Waals surface area (Å²) in [6, 6.07) is 1.60. The Morgan fingerprint density at radius 1 is 1.42 bits per heavy atom. The van der Waals surface area contributed by atoms with Gasteiger partial charge in [-0.3, -0.25) is 4.79 Å². The van der Waals surface area contributed by atoms with Gasteiger partial charge in [-0.05, 0) is 6.42 Å². The maximum atomic E-state index is 11.5. The zero-order valence-corrected chi connectivity index (χ0v) is 10.8. The Balaban J connectivity index is 2.13. The van der Waals surface area contributed by atoms with E-state index in [2.05, 4.69) is 20.1 Å². The second-order valence-corrected chi connectivity index (χ2v) is 3.92. The Morgan fingerprint density at radius 2 is 2.26 bits per heavy atom. The highest BCUT2D eigenvalue weighted by molar-refractivity contribution is 5.79. The second kappa shape index (κ2) is 6.03. The lowest BCUT2D eigenvalue weighted by molar-refractivity contribution is -0.118. The van der Waals surface area contributed by atoms with Crippen LogP contribution in [0.15, 0.2) is 16.9 Å². The molecule has 0 aromatic carbocycles. The molecule has 19 heavy (non-hydrogen) atoms. The van der Waals surface area contributed by atoms with Gasteiger partial charge in [-0.1, -0.05) is 12.1 Å². The van der Waals surface area contributed by atoms with E-state index < -0.39 is 0 Å². The first-order valence-corrected chi connectivity index (χ1v) is 5.93. The quantitative estimate of drug-likeness (QED) is 0.777. The van der Waals surface area contributed by atoms with Gasteiger partial charge in [0.15, 0.2) is 0 Å². The van der Waals surface area contributed by atoms with Crippen LogP contribution in [0.25, 0.3) is 11.5 Å². The summed E-state index contributed by atoms with van der Waals surface area (Å²) in [5.74, 6) is 1.11. The summed E-state index contributed by atoms with van der Waals surface area (Å²) in [7, 11) is 1.51. The third-order valence-corrected chi connectivity index (χ3v) is 2.43. The minimum Gasteiger partial charge on any atom is -0.481 e. The number of rotatable bonds is 6. The zero-order valence-electron chi connectivity index (χ0n) is 10.8. The fourth-order valence-electron chi connectivity index (χ4n) is 1.54. The van der Waals surface area contributed by atoms with E-state index in [1.165, 1.54) is 13.4 Å². The average Bonchev–Trinajstić information content (AvgIpc) is 2.87. The van der Waals surface area contributed by atoms with Crippen LogP contribution < -0.4 is 4.74 Å². The molecular weight excluding hydrogens is 248 g/mol. The number of Topliss-reactive ketones (excluding diaryl/α,β-unsaturated/α-hetero) is 1. The molecule has 0 aliphatic heterocycles. The molecule has 0 spiro atoms. The molecule has 2 heterocycles. The number of methoxy groups -OCH3 is 1. The Hall–Kier alpha value is -2.31. The van der Waals surface area contributed by atoms with Gasteiger partial charge in [-0.15, -0.1) is 0 Å². The van der Waals surface area contributed by atoms with Crippen molar-refractivity contribution in [1.82, 2.24) is 20.1 Å². The molecule has 0 fully saturated rings. The van der Waals surface area contributed by atoms with Gasteiger partial charge >= 0.3 is 0 Å². The minimum atomic E-state index is 0.0815. The van der Waals surface area contributed by atoms with Gasteiger partial charge in [0.1, 0.15) is 17.8 Å². The summed E-state index contributed by atoms with van der Waals surface area (Å²) >= 11 is 0. The molecule has 0 aliphatic carbocycles. The van der Waals surface area contributed by atoms with Crippen molar-refractivity contribution in [3.05, 3.63) is 18.3 Å². The summed E-state index contributed by atoms with van der Waals surface area (Å²) in [5, 5.41) is 3.79. The lowest BCUT2D eigenvalue weighted by Crippen LogP contribution is -2.01. The number of carbonyl (C=O) groups is 1. The van der Waals surface area contributed by atoms with Gasteiger partial charge < -0.3 is 9.26 Å². The highest BCUT2D eigenvalue weighted by atomic mass is 16.5. The first-order valence-electron chi connectivity index (χ1n) is 5.93. The molecule has 0 saturated carbocycles. The smallest absolute Gasteiger partial charge is 0.234 e. The molecule has 100 valence electrons. The number of nitrogens with zero attached hydrogens (tertiary/aromatic N) is 4. The van der Waals surface area contributed by atoms with Gasteiger partial charge in [-0.2, -0.15) is 4.98 Å². The lowest BCUT2D eigenvalue weighted by atomic mass is 10.2. The molecule has 2 rings (SSSR count). The van der Waals surface area contributed by atoms with Crippen molar-refractivity contribution in [3.63, 3.8) is 0 Å². The van der Waals surface area contributed by atoms with Crippen LogP contribution in [-0.2, 0) is 11.2 Å². The SMILES string of the molecule is CCCC(=O)Cc1nc(-c2cc(OC)ncn2)no1. The Bertz CT molecular complexity index is 568. The molecule has 2 aromatic rings. The normalized spacial score (nSPS) is 10.4. The first-order chi connectivity index (χ1) is 9.22. The molecule has 0 N–H and O–H groups in total. The van der Waals surface area contributed by atoms with Crippen molar-refractivity contribution >= 4 is 5.78 Å². The first kappa shape index (κ1) is 13.1. The number of carbonyl (C=O) groups excluding carboxylic acids is 1. The molecule has 0 saturated heterocycles. The summed E-state index contributed by atoms with van der Waals surface area (Å²) in [6.45, 7) is 1.95. The molecule has 2 aromatic heterocycles. The van der Waals surface area contributed by atoms with Crippen molar-refractivity contribution < 1.29 is 14.1 Å². The van der Waals surface area contributed by atoms with Crippen molar-refractivity contribution in [2.75, 3.05) is 7.11 Å². The number of hydrogen-bond donors (Lipinski definition) is 0. The molecular formula is C12H14N4O3. The minimum absolute atomic E-state index is 0.0815. The van der Waals surface area contributed by atoms with E-state index >= 15 is 0 Å². The summed E-state index contributed by atoms with van der Waals surface area (Å²) in [6.07, 6.45) is 2.83. The zero-order chi connectivity index (χ0) is 13.7. The van der Waals surface area contributed by atoms with Crippen LogP contribution >= 0.6 is 0 Å². The highest BCUT2D eigenvalue weighted by Gasteiger charge is 2.13. The van der Waals surface area contributed by atoms with E-state index in [9.17, 15) is 4.79 Å². The standard InChI is InChI=1S/C12H14N4O3/c1-3-4-8(17)5-11-15-12(16-19-11)9-6-10(18-2)14-7-13-9/h6-7H,3-5H2,1-2H3. The third kappa shape index (κ3) is 3.34. The van der Waals surface area contributed by atoms with Crippen LogP contribution in [0.5, 0.6) is 5.88 Å². The topological polar surface area (TPSA) is 91.0 Å². The highest BCUT2D eigenvalue weighted by Crippen LogP contribution is 2.16. The number of aromatic nitrogens is 4. The fraction of sp³-hybridized carbons (Fsp3) is 0.417. The summed E-state index contributed by atoms with van der Waals surface area (Å²) in [4.78, 5) is 23.5. The van der Waals surface area contributed by atoms with Crippen LogP contribution in [0.1, 0.15) is 25.7 Å². The van der Waals surface area contributed by atoms with Gasteiger partial charge in [0.05, 0.1) is 13.5 Å². The monoisotopic (exact) mass is 262 g/mol. The molecule has 7 heteroatoms. The van der Waals surface area contributed by atoms with Gasteiger partial charge in [0.25, 0.3) is 0 Å². The lowest BCUT2D eigenvalue weighted by Gasteiger charge is -1.97. The van der Waals surface area contributed by atoms with E-state index in [4.69, 9.17) is 9.26 Å². The fourth-order valence-corrected chi connectivity index (χ4v) is 1.54. The number of hydrogen-bond acceptors (Lipinski definition) is 7. The van der Waals surface area contributed by atoms with Crippen LogP contribution in [0.2, 0.25) is 0 Å². The molecule has 0 aliphatic rings. The average molecular weight is 262 g/mol.